The summed E-state index contributed by atoms with van der Waals surface area (Å²) < 4.78 is 28.5. The molecule has 116 valence electrons. The summed E-state index contributed by atoms with van der Waals surface area (Å²) in [5.41, 5.74) is 0. The molecule has 7 heteroatoms. The fourth-order valence-corrected chi connectivity index (χ4v) is 5.00. The van der Waals surface area contributed by atoms with Crippen molar-refractivity contribution < 1.29 is 13.5 Å². The van der Waals surface area contributed by atoms with E-state index in [1.54, 1.807) is 8.61 Å². The van der Waals surface area contributed by atoms with Gasteiger partial charge < -0.3 is 5.11 Å². The van der Waals surface area contributed by atoms with Crippen LogP contribution < -0.4 is 0 Å². The van der Waals surface area contributed by atoms with Gasteiger partial charge in [0.25, 0.3) is 10.2 Å². The van der Waals surface area contributed by atoms with Crippen LogP contribution in [0.25, 0.3) is 0 Å². The van der Waals surface area contributed by atoms with Crippen LogP contribution in [0.2, 0.25) is 0 Å². The SMILES string of the molecule is O=S(=O)(N1CCN(C2CC2)CC1)N1CCCC(CO)C1. The highest BCUT2D eigenvalue weighted by Crippen LogP contribution is 2.28. The summed E-state index contributed by atoms with van der Waals surface area (Å²) in [7, 11) is -3.33. The number of hydrogen-bond acceptors (Lipinski definition) is 4. The predicted molar refractivity (Wildman–Crippen MR) is 76.5 cm³/mol. The van der Waals surface area contributed by atoms with Crippen molar-refractivity contribution in [1.29, 1.82) is 0 Å². The number of piperidine rings is 1. The molecular formula is C13H25N3O3S. The summed E-state index contributed by atoms with van der Waals surface area (Å²) in [5, 5.41) is 9.25. The molecule has 3 fully saturated rings. The molecule has 1 atom stereocenters. The van der Waals surface area contributed by atoms with E-state index in [1.165, 1.54) is 12.8 Å². The Balaban J connectivity index is 1.60. The Kier molecular flexibility index (Phi) is 4.33. The van der Waals surface area contributed by atoms with E-state index in [2.05, 4.69) is 4.90 Å². The first-order chi connectivity index (χ1) is 9.61. The first kappa shape index (κ1) is 14.7. The Morgan fingerprint density at radius 2 is 1.65 bits per heavy atom. The highest BCUT2D eigenvalue weighted by atomic mass is 32.2. The number of hydrogen-bond donors (Lipinski definition) is 1. The van der Waals surface area contributed by atoms with Crippen molar-refractivity contribution in [2.24, 2.45) is 5.92 Å². The number of nitrogens with zero attached hydrogens (tertiary/aromatic N) is 3. The largest absolute Gasteiger partial charge is 0.396 e. The van der Waals surface area contributed by atoms with Crippen molar-refractivity contribution in [1.82, 2.24) is 13.5 Å². The maximum Gasteiger partial charge on any atom is 0.282 e. The molecule has 2 heterocycles. The first-order valence-electron chi connectivity index (χ1n) is 7.71. The minimum Gasteiger partial charge on any atom is -0.396 e. The molecule has 0 amide bonds. The van der Waals surface area contributed by atoms with Crippen LogP contribution in [0, 0.1) is 5.92 Å². The van der Waals surface area contributed by atoms with Gasteiger partial charge in [-0.05, 0) is 31.6 Å². The lowest BCUT2D eigenvalue weighted by Crippen LogP contribution is -2.55. The second kappa shape index (κ2) is 5.88. The molecule has 0 bridgehead atoms. The first-order valence-corrected chi connectivity index (χ1v) is 9.11. The standard InChI is InChI=1S/C13H25N3O3S/c17-11-12-2-1-5-16(10-12)20(18,19)15-8-6-14(7-9-15)13-3-4-13/h12-13,17H,1-11H2. The lowest BCUT2D eigenvalue weighted by Gasteiger charge is -2.39. The van der Waals surface area contributed by atoms with E-state index in [1.807, 2.05) is 0 Å². The topological polar surface area (TPSA) is 64.1 Å². The van der Waals surface area contributed by atoms with Crippen molar-refractivity contribution in [2.75, 3.05) is 45.9 Å². The lowest BCUT2D eigenvalue weighted by molar-refractivity contribution is 0.147. The third-order valence-corrected chi connectivity index (χ3v) is 6.73. The van der Waals surface area contributed by atoms with Gasteiger partial charge in [0.1, 0.15) is 0 Å². The maximum absolute atomic E-state index is 12.6. The van der Waals surface area contributed by atoms with Gasteiger partial charge >= 0.3 is 0 Å². The molecule has 0 aromatic carbocycles. The molecule has 0 aromatic rings. The van der Waals surface area contributed by atoms with E-state index in [0.717, 1.165) is 25.9 Å². The smallest absolute Gasteiger partial charge is 0.282 e. The summed E-state index contributed by atoms with van der Waals surface area (Å²) in [6.45, 7) is 4.10. The zero-order valence-electron chi connectivity index (χ0n) is 11.9. The van der Waals surface area contributed by atoms with Crippen LogP contribution in [0.3, 0.4) is 0 Å². The average Bonchev–Trinajstić information content (AvgIpc) is 3.32. The zero-order chi connectivity index (χ0) is 14.2. The minimum atomic E-state index is -3.33. The van der Waals surface area contributed by atoms with Gasteiger partial charge in [0.15, 0.2) is 0 Å². The van der Waals surface area contributed by atoms with Crippen molar-refractivity contribution in [2.45, 2.75) is 31.7 Å². The molecule has 2 saturated heterocycles. The highest BCUT2D eigenvalue weighted by Gasteiger charge is 2.37. The van der Waals surface area contributed by atoms with E-state index in [9.17, 15) is 13.5 Å². The third-order valence-electron chi connectivity index (χ3n) is 4.73. The maximum atomic E-state index is 12.6. The molecular weight excluding hydrogens is 278 g/mol. The Labute approximate surface area is 121 Å². The molecule has 0 aromatic heterocycles. The molecule has 1 saturated carbocycles. The summed E-state index contributed by atoms with van der Waals surface area (Å²) in [5.74, 6) is 0.103. The second-order valence-corrected chi connectivity index (χ2v) is 8.15. The van der Waals surface area contributed by atoms with Gasteiger partial charge in [0.2, 0.25) is 0 Å². The van der Waals surface area contributed by atoms with E-state index in [0.29, 0.717) is 32.2 Å². The molecule has 6 nitrogen and oxygen atoms in total. The Morgan fingerprint density at radius 1 is 0.950 bits per heavy atom. The van der Waals surface area contributed by atoms with Gasteiger partial charge in [-0.15, -0.1) is 0 Å². The summed E-state index contributed by atoms with van der Waals surface area (Å²) in [6, 6.07) is 0.716. The van der Waals surface area contributed by atoms with E-state index in [-0.39, 0.29) is 12.5 Å². The summed E-state index contributed by atoms with van der Waals surface area (Å²) in [6.07, 6.45) is 4.33. The second-order valence-electron chi connectivity index (χ2n) is 6.22. The van der Waals surface area contributed by atoms with Crippen LogP contribution in [-0.2, 0) is 10.2 Å². The highest BCUT2D eigenvalue weighted by molar-refractivity contribution is 7.86. The van der Waals surface area contributed by atoms with Gasteiger partial charge in [-0.25, -0.2) is 0 Å². The molecule has 1 N–H and O–H groups in total. The third kappa shape index (κ3) is 3.01. The number of aliphatic hydroxyl groups is 1. The monoisotopic (exact) mass is 303 g/mol. The Morgan fingerprint density at radius 3 is 2.25 bits per heavy atom. The number of rotatable bonds is 4. The van der Waals surface area contributed by atoms with E-state index >= 15 is 0 Å². The van der Waals surface area contributed by atoms with Crippen molar-refractivity contribution in [3.63, 3.8) is 0 Å². The molecule has 3 rings (SSSR count). The van der Waals surface area contributed by atoms with Crippen LogP contribution in [0.5, 0.6) is 0 Å². The summed E-state index contributed by atoms with van der Waals surface area (Å²) in [4.78, 5) is 2.42. The van der Waals surface area contributed by atoms with Gasteiger partial charge in [0.05, 0.1) is 0 Å². The zero-order valence-corrected chi connectivity index (χ0v) is 12.8. The van der Waals surface area contributed by atoms with Crippen LogP contribution in [0.15, 0.2) is 0 Å². The number of aliphatic hydroxyl groups excluding tert-OH is 1. The van der Waals surface area contributed by atoms with Crippen LogP contribution in [0.1, 0.15) is 25.7 Å². The number of piperazine rings is 1. The molecule has 0 radical (unpaired) electrons. The molecule has 2 aliphatic heterocycles. The lowest BCUT2D eigenvalue weighted by atomic mass is 10.0. The van der Waals surface area contributed by atoms with Gasteiger partial charge in [-0.1, -0.05) is 0 Å². The fraction of sp³-hybridized carbons (Fsp3) is 1.00. The van der Waals surface area contributed by atoms with Crippen molar-refractivity contribution >= 4 is 10.2 Å². The van der Waals surface area contributed by atoms with Crippen LogP contribution >= 0.6 is 0 Å². The molecule has 1 unspecified atom stereocenters. The van der Waals surface area contributed by atoms with E-state index < -0.39 is 10.2 Å². The Bertz CT molecular complexity index is 430. The molecule has 0 spiro atoms. The van der Waals surface area contributed by atoms with Crippen LogP contribution in [0.4, 0.5) is 0 Å². The van der Waals surface area contributed by atoms with Crippen LogP contribution in [-0.4, -0.2) is 79.0 Å². The van der Waals surface area contributed by atoms with Gasteiger partial charge in [-0.2, -0.15) is 17.0 Å². The normalized spacial score (nSPS) is 31.6. The Hall–Kier alpha value is -0.210. The summed E-state index contributed by atoms with van der Waals surface area (Å²) >= 11 is 0. The quantitative estimate of drug-likeness (QED) is 0.775. The molecule has 20 heavy (non-hydrogen) atoms. The van der Waals surface area contributed by atoms with E-state index in [4.69, 9.17) is 0 Å². The van der Waals surface area contributed by atoms with Crippen molar-refractivity contribution in [3.05, 3.63) is 0 Å². The molecule has 3 aliphatic rings. The molecule has 1 aliphatic carbocycles. The predicted octanol–water partition coefficient (Wildman–Crippen LogP) is -0.284. The van der Waals surface area contributed by atoms with Gasteiger partial charge in [0, 0.05) is 51.9 Å². The van der Waals surface area contributed by atoms with Gasteiger partial charge in [-0.3, -0.25) is 4.90 Å². The van der Waals surface area contributed by atoms with Crippen molar-refractivity contribution in [3.8, 4) is 0 Å². The minimum absolute atomic E-state index is 0.0848. The fourth-order valence-electron chi connectivity index (χ4n) is 3.29. The average molecular weight is 303 g/mol.